The van der Waals surface area contributed by atoms with E-state index in [2.05, 4.69) is 48.5 Å². The summed E-state index contributed by atoms with van der Waals surface area (Å²) in [5, 5.41) is 2.02. The zero-order chi connectivity index (χ0) is 26.6. The Morgan fingerprint density at radius 3 is 1.63 bits per heavy atom. The first-order chi connectivity index (χ1) is 18.4. The third-order valence-electron chi connectivity index (χ3n) is 5.94. The molecule has 0 saturated carbocycles. The monoisotopic (exact) mass is 591 g/mol. The second-order valence-corrected chi connectivity index (χ2v) is 13.0. The smallest absolute Gasteiger partial charge is 0.224 e. The predicted molar refractivity (Wildman–Crippen MR) is 163 cm³/mol. The van der Waals surface area contributed by atoms with Gasteiger partial charge in [0.2, 0.25) is 5.12 Å². The van der Waals surface area contributed by atoms with E-state index in [0.717, 1.165) is 21.6 Å². The van der Waals surface area contributed by atoms with Gasteiger partial charge in [-0.3, -0.25) is 4.79 Å². The van der Waals surface area contributed by atoms with Gasteiger partial charge in [0.25, 0.3) is 0 Å². The predicted octanol–water partition coefficient (Wildman–Crippen LogP) is 10.7. The highest BCUT2D eigenvalue weighted by molar-refractivity contribution is 8.14. The lowest BCUT2D eigenvalue weighted by Crippen LogP contribution is -2.04. The van der Waals surface area contributed by atoms with Crippen LogP contribution < -0.4 is 0 Å². The number of carbonyl (C=O) groups excluding carboxylic acids is 1. The van der Waals surface area contributed by atoms with Crippen LogP contribution in [0.15, 0.2) is 135 Å². The molecule has 5 rings (SSSR count). The van der Waals surface area contributed by atoms with Gasteiger partial charge in [-0.05, 0) is 109 Å². The highest BCUT2D eigenvalue weighted by atomic mass is 35.5. The van der Waals surface area contributed by atoms with E-state index in [4.69, 9.17) is 34.8 Å². The van der Waals surface area contributed by atoms with Crippen molar-refractivity contribution < 1.29 is 4.79 Å². The summed E-state index contributed by atoms with van der Waals surface area (Å²) >= 11 is 20.2. The number of thioether (sulfide) groups is 1. The highest BCUT2D eigenvalue weighted by Crippen LogP contribution is 2.36. The average molecular weight is 593 g/mol. The minimum atomic E-state index is -0.322. The van der Waals surface area contributed by atoms with Crippen molar-refractivity contribution in [1.82, 2.24) is 0 Å². The van der Waals surface area contributed by atoms with Gasteiger partial charge in [-0.1, -0.05) is 70.7 Å². The van der Waals surface area contributed by atoms with Gasteiger partial charge < -0.3 is 0 Å². The van der Waals surface area contributed by atoms with Gasteiger partial charge in [-0.2, -0.15) is 0 Å². The summed E-state index contributed by atoms with van der Waals surface area (Å²) in [5.41, 5.74) is 3.73. The lowest BCUT2D eigenvalue weighted by atomic mass is 10.1. The van der Waals surface area contributed by atoms with Crippen LogP contribution in [0.3, 0.4) is 0 Å². The number of aryl methyl sites for hydroxylation is 1. The van der Waals surface area contributed by atoms with Crippen molar-refractivity contribution in [1.29, 1.82) is 0 Å². The molecule has 6 heteroatoms. The molecule has 0 atom stereocenters. The normalized spacial score (nSPS) is 11.1. The van der Waals surface area contributed by atoms with Crippen LogP contribution in [0.4, 0.5) is 0 Å². The highest BCUT2D eigenvalue weighted by Gasteiger charge is 2.28. The maximum Gasteiger partial charge on any atom is 0.224 e. The maximum atomic E-state index is 12.7. The summed E-state index contributed by atoms with van der Waals surface area (Å²) in [6, 6.07) is 37.8. The van der Waals surface area contributed by atoms with Crippen molar-refractivity contribution in [2.75, 3.05) is 0 Å². The molecule has 188 valence electrons. The number of rotatable bonds is 6. The summed E-state index contributed by atoms with van der Waals surface area (Å²) in [6.07, 6.45) is 0. The van der Waals surface area contributed by atoms with Crippen molar-refractivity contribution >= 4 is 62.6 Å². The van der Waals surface area contributed by atoms with Gasteiger partial charge in [-0.15, -0.1) is 0 Å². The van der Waals surface area contributed by atoms with E-state index in [0.29, 0.717) is 20.6 Å². The van der Waals surface area contributed by atoms with Gasteiger partial charge in [0.1, 0.15) is 0 Å². The lowest BCUT2D eigenvalue weighted by Gasteiger charge is -2.10. The second kappa shape index (κ2) is 12.0. The fourth-order valence-corrected chi connectivity index (χ4v) is 7.40. The lowest BCUT2D eigenvalue weighted by molar-refractivity contribution is 0.108. The zero-order valence-electron chi connectivity index (χ0n) is 20.3. The number of halogens is 3. The first-order valence-electron chi connectivity index (χ1n) is 11.8. The standard InChI is InChI=1S/C32H22Cl3OS2/c1-21-2-4-23(5-3-21)32(36)37-26-12-19-30(31(35)20-26)22-6-13-27(14-7-22)38(28-15-8-24(33)9-16-28)29-17-10-25(34)11-18-29/h2-20H,1H3/q+1. The number of carbonyl (C=O) groups is 1. The van der Waals surface area contributed by atoms with E-state index in [-0.39, 0.29) is 16.0 Å². The molecule has 5 aromatic carbocycles. The Morgan fingerprint density at radius 1 is 0.632 bits per heavy atom. The molecule has 0 aromatic heterocycles. The van der Waals surface area contributed by atoms with Crippen molar-refractivity contribution in [2.24, 2.45) is 0 Å². The topological polar surface area (TPSA) is 17.1 Å². The minimum Gasteiger partial charge on any atom is -0.281 e. The second-order valence-electron chi connectivity index (χ2n) is 8.64. The molecule has 0 spiro atoms. The summed E-state index contributed by atoms with van der Waals surface area (Å²) in [7, 11) is -0.322. The molecule has 0 radical (unpaired) electrons. The molecule has 0 amide bonds. The molecule has 0 aliphatic rings. The Kier molecular flexibility index (Phi) is 8.52. The molecular formula is C32H22Cl3OS2+. The van der Waals surface area contributed by atoms with Crippen LogP contribution in [0.2, 0.25) is 15.1 Å². The van der Waals surface area contributed by atoms with Crippen LogP contribution >= 0.6 is 46.6 Å². The van der Waals surface area contributed by atoms with Crippen LogP contribution in [0.5, 0.6) is 0 Å². The van der Waals surface area contributed by atoms with Crippen molar-refractivity contribution in [3.8, 4) is 11.1 Å². The van der Waals surface area contributed by atoms with Crippen LogP contribution in [-0.4, -0.2) is 5.12 Å². The molecule has 38 heavy (non-hydrogen) atoms. The van der Waals surface area contributed by atoms with Gasteiger partial charge in [0.15, 0.2) is 14.7 Å². The molecule has 0 aliphatic carbocycles. The first kappa shape index (κ1) is 26.9. The summed E-state index contributed by atoms with van der Waals surface area (Å²) in [5.74, 6) is 0. The Bertz CT molecular complexity index is 1520. The molecule has 1 nitrogen and oxygen atoms in total. The Labute approximate surface area is 245 Å². The average Bonchev–Trinajstić information content (AvgIpc) is 2.92. The van der Waals surface area contributed by atoms with E-state index in [1.807, 2.05) is 73.7 Å². The molecule has 0 unspecified atom stereocenters. The van der Waals surface area contributed by atoms with Crippen LogP contribution in [-0.2, 0) is 10.9 Å². The third kappa shape index (κ3) is 6.31. The van der Waals surface area contributed by atoms with E-state index in [9.17, 15) is 4.79 Å². The van der Waals surface area contributed by atoms with E-state index in [1.54, 1.807) is 0 Å². The molecular weight excluding hydrogens is 571 g/mol. The largest absolute Gasteiger partial charge is 0.281 e. The van der Waals surface area contributed by atoms with Crippen molar-refractivity contribution in [3.63, 3.8) is 0 Å². The van der Waals surface area contributed by atoms with Crippen molar-refractivity contribution in [2.45, 2.75) is 26.5 Å². The fraction of sp³-hybridized carbons (Fsp3) is 0.0312. The summed E-state index contributed by atoms with van der Waals surface area (Å²) in [6.45, 7) is 2.00. The van der Waals surface area contributed by atoms with Crippen LogP contribution in [0, 0.1) is 6.92 Å². The van der Waals surface area contributed by atoms with Crippen LogP contribution in [0.25, 0.3) is 11.1 Å². The molecule has 5 aromatic rings. The third-order valence-corrected chi connectivity index (χ3v) is 9.90. The molecule has 0 bridgehead atoms. The summed E-state index contributed by atoms with van der Waals surface area (Å²) in [4.78, 5) is 17.0. The van der Waals surface area contributed by atoms with E-state index >= 15 is 0 Å². The Morgan fingerprint density at radius 2 is 1.13 bits per heavy atom. The molecule has 0 saturated heterocycles. The molecule has 0 aliphatic heterocycles. The first-order valence-corrected chi connectivity index (χ1v) is 15.0. The number of benzene rings is 5. The van der Waals surface area contributed by atoms with Crippen molar-refractivity contribution in [3.05, 3.63) is 141 Å². The van der Waals surface area contributed by atoms with Gasteiger partial charge >= 0.3 is 0 Å². The van der Waals surface area contributed by atoms with E-state index < -0.39 is 0 Å². The minimum absolute atomic E-state index is 0.00500. The quantitative estimate of drug-likeness (QED) is 0.144. The SMILES string of the molecule is Cc1ccc(C(=O)Sc2ccc(-c3ccc([S+](c4ccc(Cl)cc4)c4ccc(Cl)cc4)cc3)c(Cl)c2)cc1. The molecule has 0 fully saturated rings. The Balaban J connectivity index is 1.40. The number of hydrogen-bond donors (Lipinski definition) is 0. The summed E-state index contributed by atoms with van der Waals surface area (Å²) < 4.78 is 0. The van der Waals surface area contributed by atoms with Gasteiger partial charge in [-0.25, -0.2) is 0 Å². The number of hydrogen-bond acceptors (Lipinski definition) is 2. The van der Waals surface area contributed by atoms with Gasteiger partial charge in [0.05, 0.1) is 10.9 Å². The molecule has 0 heterocycles. The van der Waals surface area contributed by atoms with E-state index in [1.165, 1.54) is 26.4 Å². The van der Waals surface area contributed by atoms with Gasteiger partial charge in [0, 0.05) is 31.1 Å². The Hall–Kier alpha value is -2.66. The maximum absolute atomic E-state index is 12.7. The fourth-order valence-electron chi connectivity index (χ4n) is 3.97. The molecule has 0 N–H and O–H groups in total. The van der Waals surface area contributed by atoms with Crippen LogP contribution in [0.1, 0.15) is 15.9 Å². The zero-order valence-corrected chi connectivity index (χ0v) is 24.2.